The van der Waals surface area contributed by atoms with Gasteiger partial charge in [0.05, 0.1) is 5.69 Å². The van der Waals surface area contributed by atoms with Crippen molar-refractivity contribution in [2.45, 2.75) is 19.4 Å². The van der Waals surface area contributed by atoms with E-state index in [1.807, 2.05) is 42.5 Å². The number of benzene rings is 2. The molecule has 2 N–H and O–H groups in total. The van der Waals surface area contributed by atoms with Gasteiger partial charge in [-0.05, 0) is 56.7 Å². The molecule has 0 amide bonds. The zero-order valence-electron chi connectivity index (χ0n) is 12.9. The molecule has 0 atom stereocenters. The summed E-state index contributed by atoms with van der Waals surface area (Å²) in [6.07, 6.45) is 2.18. The number of anilines is 1. The van der Waals surface area contributed by atoms with Crippen molar-refractivity contribution in [2.24, 2.45) is 0 Å². The predicted octanol–water partition coefficient (Wildman–Crippen LogP) is 3.34. The second kappa shape index (κ2) is 7.70. The Labute approximate surface area is 127 Å². The molecule has 0 fully saturated rings. The van der Waals surface area contributed by atoms with Gasteiger partial charge in [0.15, 0.2) is 0 Å². The van der Waals surface area contributed by atoms with Gasteiger partial charge in [0.25, 0.3) is 0 Å². The smallest absolute Gasteiger partial charge is 0.142 e. The van der Waals surface area contributed by atoms with E-state index in [-0.39, 0.29) is 0 Å². The summed E-state index contributed by atoms with van der Waals surface area (Å²) in [5, 5.41) is 0. The van der Waals surface area contributed by atoms with Crippen LogP contribution in [0.1, 0.15) is 17.5 Å². The van der Waals surface area contributed by atoms with E-state index in [4.69, 9.17) is 10.5 Å². The predicted molar refractivity (Wildman–Crippen MR) is 88.5 cm³/mol. The van der Waals surface area contributed by atoms with Crippen LogP contribution >= 0.6 is 0 Å². The highest BCUT2D eigenvalue weighted by Crippen LogP contribution is 2.24. The number of hydrogen-bond acceptors (Lipinski definition) is 3. The highest BCUT2D eigenvalue weighted by molar-refractivity contribution is 5.54. The molecule has 0 unspecified atom stereocenters. The van der Waals surface area contributed by atoms with Crippen molar-refractivity contribution in [1.29, 1.82) is 0 Å². The molecule has 21 heavy (non-hydrogen) atoms. The zero-order valence-corrected chi connectivity index (χ0v) is 12.9. The minimum absolute atomic E-state index is 0.547. The maximum atomic E-state index is 6.08. The summed E-state index contributed by atoms with van der Waals surface area (Å²) in [6, 6.07) is 16.2. The molecule has 0 aliphatic rings. The Morgan fingerprint density at radius 3 is 2.43 bits per heavy atom. The maximum absolute atomic E-state index is 6.08. The lowest BCUT2D eigenvalue weighted by atomic mass is 10.1. The van der Waals surface area contributed by atoms with Gasteiger partial charge in [0.1, 0.15) is 12.4 Å². The Hall–Kier alpha value is -2.00. The number of nitrogens with two attached hydrogens (primary N) is 1. The highest BCUT2D eigenvalue weighted by atomic mass is 16.5. The maximum Gasteiger partial charge on any atom is 0.142 e. The van der Waals surface area contributed by atoms with Crippen LogP contribution in [0.3, 0.4) is 0 Å². The van der Waals surface area contributed by atoms with Crippen LogP contribution in [0, 0.1) is 0 Å². The van der Waals surface area contributed by atoms with Crippen molar-refractivity contribution >= 4 is 5.69 Å². The van der Waals surface area contributed by atoms with Crippen molar-refractivity contribution in [2.75, 3.05) is 26.4 Å². The van der Waals surface area contributed by atoms with E-state index in [1.54, 1.807) is 0 Å². The number of ether oxygens (including phenoxy) is 1. The van der Waals surface area contributed by atoms with Gasteiger partial charge in [-0.1, -0.05) is 36.4 Å². The molecule has 0 aliphatic heterocycles. The fourth-order valence-electron chi connectivity index (χ4n) is 2.22. The van der Waals surface area contributed by atoms with Crippen LogP contribution in [0.15, 0.2) is 48.5 Å². The van der Waals surface area contributed by atoms with E-state index in [1.165, 1.54) is 5.56 Å². The summed E-state index contributed by atoms with van der Waals surface area (Å²) >= 11 is 0. The molecule has 3 nitrogen and oxygen atoms in total. The van der Waals surface area contributed by atoms with Crippen molar-refractivity contribution in [3.63, 3.8) is 0 Å². The topological polar surface area (TPSA) is 38.5 Å². The molecule has 0 saturated carbocycles. The lowest BCUT2D eigenvalue weighted by molar-refractivity contribution is 0.308. The molecule has 0 spiro atoms. The third-order valence-electron chi connectivity index (χ3n) is 3.38. The molecular formula is C18H24N2O. The number of hydrogen-bond donors (Lipinski definition) is 1. The third kappa shape index (κ3) is 5.12. The summed E-state index contributed by atoms with van der Waals surface area (Å²) in [4.78, 5) is 2.20. The van der Waals surface area contributed by atoms with Gasteiger partial charge in [-0.15, -0.1) is 0 Å². The summed E-state index contributed by atoms with van der Waals surface area (Å²) in [7, 11) is 4.18. The summed E-state index contributed by atoms with van der Waals surface area (Å²) in [6.45, 7) is 1.64. The molecule has 2 aromatic carbocycles. The molecule has 0 heterocycles. The quantitative estimate of drug-likeness (QED) is 0.793. The molecule has 112 valence electrons. The highest BCUT2D eigenvalue weighted by Gasteiger charge is 2.03. The van der Waals surface area contributed by atoms with Crippen LogP contribution in [0.2, 0.25) is 0 Å². The first kappa shape index (κ1) is 15.4. The fourth-order valence-corrected chi connectivity index (χ4v) is 2.22. The standard InChI is InChI=1S/C18H24N2O/c1-20(2)12-6-9-15-10-11-18(17(19)13-15)21-14-16-7-4-3-5-8-16/h3-5,7-8,10-11,13H,6,9,12,14,19H2,1-2H3. The van der Waals surface area contributed by atoms with Crippen LogP contribution < -0.4 is 10.5 Å². The third-order valence-corrected chi connectivity index (χ3v) is 3.38. The number of nitrogens with zero attached hydrogens (tertiary/aromatic N) is 1. The van der Waals surface area contributed by atoms with Crippen molar-refractivity contribution in [3.05, 3.63) is 59.7 Å². The summed E-state index contributed by atoms with van der Waals surface area (Å²) < 4.78 is 5.79. The van der Waals surface area contributed by atoms with E-state index in [0.29, 0.717) is 12.3 Å². The van der Waals surface area contributed by atoms with Gasteiger partial charge < -0.3 is 15.4 Å². The second-order valence-corrected chi connectivity index (χ2v) is 5.55. The van der Waals surface area contributed by atoms with E-state index >= 15 is 0 Å². The first-order chi connectivity index (χ1) is 10.1. The number of aryl methyl sites for hydroxylation is 1. The minimum Gasteiger partial charge on any atom is -0.487 e. The minimum atomic E-state index is 0.547. The lowest BCUT2D eigenvalue weighted by Gasteiger charge is -2.12. The monoisotopic (exact) mass is 284 g/mol. The summed E-state index contributed by atoms with van der Waals surface area (Å²) in [5.74, 6) is 0.759. The Kier molecular flexibility index (Phi) is 5.64. The first-order valence-electron chi connectivity index (χ1n) is 7.35. The van der Waals surface area contributed by atoms with Crippen LogP contribution in [-0.2, 0) is 13.0 Å². The zero-order chi connectivity index (χ0) is 15.1. The van der Waals surface area contributed by atoms with E-state index in [9.17, 15) is 0 Å². The van der Waals surface area contributed by atoms with E-state index < -0.39 is 0 Å². The lowest BCUT2D eigenvalue weighted by Crippen LogP contribution is -2.13. The molecule has 0 radical (unpaired) electrons. The number of rotatable bonds is 7. The molecule has 0 aliphatic carbocycles. The second-order valence-electron chi connectivity index (χ2n) is 5.55. The van der Waals surface area contributed by atoms with Crippen LogP contribution in [-0.4, -0.2) is 25.5 Å². The van der Waals surface area contributed by atoms with Crippen molar-refractivity contribution in [1.82, 2.24) is 4.90 Å². The molecule has 0 bridgehead atoms. The largest absolute Gasteiger partial charge is 0.487 e. The van der Waals surface area contributed by atoms with Gasteiger partial charge in [-0.3, -0.25) is 0 Å². The Bertz CT molecular complexity index is 552. The normalized spacial score (nSPS) is 10.8. The Morgan fingerprint density at radius 2 is 1.76 bits per heavy atom. The van der Waals surface area contributed by atoms with E-state index in [2.05, 4.69) is 25.1 Å². The first-order valence-corrected chi connectivity index (χ1v) is 7.35. The van der Waals surface area contributed by atoms with Crippen LogP contribution in [0.5, 0.6) is 5.75 Å². The molecule has 3 heteroatoms. The molecule has 2 aromatic rings. The average molecular weight is 284 g/mol. The fraction of sp³-hybridized carbons (Fsp3) is 0.333. The Balaban J connectivity index is 1.90. The van der Waals surface area contributed by atoms with Gasteiger partial charge >= 0.3 is 0 Å². The van der Waals surface area contributed by atoms with Crippen molar-refractivity contribution < 1.29 is 4.74 Å². The molecule has 0 aromatic heterocycles. The van der Waals surface area contributed by atoms with E-state index in [0.717, 1.165) is 30.7 Å². The Morgan fingerprint density at radius 1 is 1.00 bits per heavy atom. The van der Waals surface area contributed by atoms with Gasteiger partial charge in [-0.25, -0.2) is 0 Å². The van der Waals surface area contributed by atoms with Gasteiger partial charge in [0.2, 0.25) is 0 Å². The SMILES string of the molecule is CN(C)CCCc1ccc(OCc2ccccc2)c(N)c1. The molecular weight excluding hydrogens is 260 g/mol. The average Bonchev–Trinajstić information content (AvgIpc) is 2.47. The number of nitrogen functional groups attached to an aromatic ring is 1. The molecule has 2 rings (SSSR count). The van der Waals surface area contributed by atoms with Gasteiger partial charge in [-0.2, -0.15) is 0 Å². The summed E-state index contributed by atoms with van der Waals surface area (Å²) in [5.41, 5.74) is 9.21. The van der Waals surface area contributed by atoms with Gasteiger partial charge in [0, 0.05) is 0 Å². The van der Waals surface area contributed by atoms with Crippen LogP contribution in [0.4, 0.5) is 5.69 Å². The van der Waals surface area contributed by atoms with Crippen LogP contribution in [0.25, 0.3) is 0 Å². The van der Waals surface area contributed by atoms with Crippen molar-refractivity contribution in [3.8, 4) is 5.75 Å². The molecule has 0 saturated heterocycles.